The average Bonchev–Trinajstić information content (AvgIpc) is 3.08. The van der Waals surface area contributed by atoms with Crippen molar-refractivity contribution in [3.63, 3.8) is 0 Å². The van der Waals surface area contributed by atoms with Crippen LogP contribution >= 0.6 is 0 Å². The Kier molecular flexibility index (Phi) is 7.85. The van der Waals surface area contributed by atoms with Crippen molar-refractivity contribution in [3.8, 4) is 45.9 Å². The van der Waals surface area contributed by atoms with E-state index in [0.717, 1.165) is 33.4 Å². The molecule has 6 aromatic rings. The molecule has 196 valence electrons. The van der Waals surface area contributed by atoms with Crippen LogP contribution in [0.15, 0.2) is 158 Å². The Morgan fingerprint density at radius 2 is 0.571 bits per heavy atom. The summed E-state index contributed by atoms with van der Waals surface area (Å²) in [5.74, 6) is 12.8. The minimum Gasteiger partial charge on any atom is -0.289 e. The van der Waals surface area contributed by atoms with Crippen molar-refractivity contribution in [2.75, 3.05) is 0 Å². The maximum absolute atomic E-state index is 13.1. The lowest BCUT2D eigenvalue weighted by Crippen LogP contribution is -2.01. The number of ketones is 1. The van der Waals surface area contributed by atoms with Crippen LogP contribution in [0.1, 0.15) is 38.2 Å². The van der Waals surface area contributed by atoms with Crippen LogP contribution in [0.25, 0.3) is 22.3 Å². The van der Waals surface area contributed by atoms with Crippen molar-refractivity contribution in [2.45, 2.75) is 0 Å². The van der Waals surface area contributed by atoms with Crippen molar-refractivity contribution in [1.29, 1.82) is 0 Å². The predicted molar refractivity (Wildman–Crippen MR) is 172 cm³/mol. The summed E-state index contributed by atoms with van der Waals surface area (Å²) < 4.78 is 0. The zero-order valence-corrected chi connectivity index (χ0v) is 22.9. The largest absolute Gasteiger partial charge is 0.289 e. The number of carbonyl (C=O) groups is 1. The van der Waals surface area contributed by atoms with Gasteiger partial charge in [0.05, 0.1) is 0 Å². The summed E-state index contributed by atoms with van der Waals surface area (Å²) in [6.07, 6.45) is 0. The van der Waals surface area contributed by atoms with Crippen molar-refractivity contribution < 1.29 is 4.79 Å². The number of carbonyl (C=O) groups excluding carboxylic acids is 1. The second-order valence-electron chi connectivity index (χ2n) is 9.87. The van der Waals surface area contributed by atoms with Gasteiger partial charge in [-0.3, -0.25) is 4.79 Å². The lowest BCUT2D eigenvalue weighted by Gasteiger charge is -2.02. The van der Waals surface area contributed by atoms with Gasteiger partial charge < -0.3 is 0 Å². The zero-order chi connectivity index (χ0) is 28.6. The monoisotopic (exact) mass is 534 g/mol. The molecule has 0 aliphatic carbocycles. The smallest absolute Gasteiger partial charge is 0.193 e. The third-order valence-electron chi connectivity index (χ3n) is 6.98. The Morgan fingerprint density at radius 1 is 0.310 bits per heavy atom. The van der Waals surface area contributed by atoms with E-state index in [0.29, 0.717) is 11.1 Å². The molecule has 6 rings (SSSR count). The van der Waals surface area contributed by atoms with E-state index in [4.69, 9.17) is 0 Å². The van der Waals surface area contributed by atoms with E-state index in [1.54, 1.807) is 0 Å². The fourth-order valence-corrected chi connectivity index (χ4v) is 4.62. The van der Waals surface area contributed by atoms with E-state index in [1.807, 2.05) is 109 Å². The molecule has 0 aromatic heterocycles. The molecule has 0 N–H and O–H groups in total. The van der Waals surface area contributed by atoms with Crippen molar-refractivity contribution in [3.05, 3.63) is 191 Å². The fraction of sp³-hybridized carbons (Fsp3) is 0. The zero-order valence-electron chi connectivity index (χ0n) is 22.9. The molecule has 0 aliphatic rings. The first kappa shape index (κ1) is 26.3. The molecule has 0 saturated carbocycles. The summed E-state index contributed by atoms with van der Waals surface area (Å²) in [7, 11) is 0. The SMILES string of the molecule is O=C(c1ccc(C#Cc2ccc(-c3ccccc3)cc2)cc1)c1ccc(C#Cc2ccc(-c3ccccc3)cc2)cc1. The van der Waals surface area contributed by atoms with Crippen LogP contribution in [0.5, 0.6) is 0 Å². The van der Waals surface area contributed by atoms with Gasteiger partial charge in [0.25, 0.3) is 0 Å². The third-order valence-corrected chi connectivity index (χ3v) is 6.98. The molecule has 0 saturated heterocycles. The van der Waals surface area contributed by atoms with Crippen LogP contribution in [-0.2, 0) is 0 Å². The first-order chi connectivity index (χ1) is 20.7. The summed E-state index contributed by atoms with van der Waals surface area (Å²) in [4.78, 5) is 13.1. The topological polar surface area (TPSA) is 17.1 Å². The molecule has 0 heterocycles. The van der Waals surface area contributed by atoms with Gasteiger partial charge in [-0.15, -0.1) is 0 Å². The third kappa shape index (κ3) is 6.46. The molecule has 1 heteroatoms. The van der Waals surface area contributed by atoms with Crippen LogP contribution < -0.4 is 0 Å². The normalized spacial score (nSPS) is 10.1. The minimum absolute atomic E-state index is 0.0259. The van der Waals surface area contributed by atoms with Crippen LogP contribution in [0.2, 0.25) is 0 Å². The molecule has 0 bridgehead atoms. The van der Waals surface area contributed by atoms with E-state index in [2.05, 4.69) is 72.2 Å². The molecule has 0 fully saturated rings. The Morgan fingerprint density at radius 3 is 0.881 bits per heavy atom. The van der Waals surface area contributed by atoms with Gasteiger partial charge in [0, 0.05) is 33.4 Å². The molecule has 0 aliphatic heterocycles. The van der Waals surface area contributed by atoms with Gasteiger partial charge in [-0.1, -0.05) is 109 Å². The van der Waals surface area contributed by atoms with Gasteiger partial charge in [0.2, 0.25) is 0 Å². The Balaban J connectivity index is 1.08. The fourth-order valence-electron chi connectivity index (χ4n) is 4.62. The molecule has 6 aromatic carbocycles. The van der Waals surface area contributed by atoms with Crippen molar-refractivity contribution >= 4 is 5.78 Å². The number of hydrogen-bond acceptors (Lipinski definition) is 1. The van der Waals surface area contributed by atoms with Gasteiger partial charge >= 0.3 is 0 Å². The molecule has 0 spiro atoms. The van der Waals surface area contributed by atoms with Crippen LogP contribution in [0.3, 0.4) is 0 Å². The van der Waals surface area contributed by atoms with Crippen LogP contribution in [0.4, 0.5) is 0 Å². The molecule has 0 radical (unpaired) electrons. The highest BCUT2D eigenvalue weighted by Crippen LogP contribution is 2.20. The van der Waals surface area contributed by atoms with Gasteiger partial charge in [-0.2, -0.15) is 0 Å². The van der Waals surface area contributed by atoms with Crippen LogP contribution in [0, 0.1) is 23.7 Å². The lowest BCUT2D eigenvalue weighted by molar-refractivity contribution is 0.103. The van der Waals surface area contributed by atoms with E-state index in [1.165, 1.54) is 11.1 Å². The molecular formula is C41H26O. The highest BCUT2D eigenvalue weighted by molar-refractivity contribution is 6.09. The van der Waals surface area contributed by atoms with Gasteiger partial charge in [-0.25, -0.2) is 0 Å². The van der Waals surface area contributed by atoms with E-state index in [9.17, 15) is 4.79 Å². The lowest BCUT2D eigenvalue weighted by atomic mass is 10.0. The molecule has 0 amide bonds. The van der Waals surface area contributed by atoms with Gasteiger partial charge in [0.15, 0.2) is 5.78 Å². The van der Waals surface area contributed by atoms with E-state index in [-0.39, 0.29) is 5.78 Å². The number of benzene rings is 6. The first-order valence-corrected chi connectivity index (χ1v) is 13.8. The average molecular weight is 535 g/mol. The van der Waals surface area contributed by atoms with Crippen molar-refractivity contribution in [2.24, 2.45) is 0 Å². The maximum Gasteiger partial charge on any atom is 0.193 e. The summed E-state index contributed by atoms with van der Waals surface area (Å²) in [6.45, 7) is 0. The van der Waals surface area contributed by atoms with Gasteiger partial charge in [-0.05, 0) is 95.1 Å². The Bertz CT molecular complexity index is 1780. The predicted octanol–water partition coefficient (Wildman–Crippen LogP) is 9.05. The van der Waals surface area contributed by atoms with E-state index < -0.39 is 0 Å². The number of hydrogen-bond donors (Lipinski definition) is 0. The summed E-state index contributed by atoms with van der Waals surface area (Å²) >= 11 is 0. The maximum atomic E-state index is 13.1. The Hall–Kier alpha value is -5.89. The standard InChI is InChI=1S/C41H26O/c42-41(39-27-19-33(20-28-39)13-11-31-15-23-37(24-16-31)35-7-3-1-4-8-35)40-29-21-34(22-30-40)14-12-32-17-25-38(26-18-32)36-9-5-2-6-10-36/h1-10,15-30H. The molecule has 0 unspecified atom stereocenters. The summed E-state index contributed by atoms with van der Waals surface area (Å²) in [6, 6.07) is 51.9. The molecule has 0 atom stereocenters. The van der Waals surface area contributed by atoms with Crippen LogP contribution in [-0.4, -0.2) is 5.78 Å². The van der Waals surface area contributed by atoms with Gasteiger partial charge in [0.1, 0.15) is 0 Å². The molecular weight excluding hydrogens is 508 g/mol. The second-order valence-corrected chi connectivity index (χ2v) is 9.87. The quantitative estimate of drug-likeness (QED) is 0.163. The highest BCUT2D eigenvalue weighted by atomic mass is 16.1. The minimum atomic E-state index is -0.0259. The summed E-state index contributed by atoms with van der Waals surface area (Å²) in [5, 5.41) is 0. The second kappa shape index (κ2) is 12.5. The van der Waals surface area contributed by atoms with Crippen molar-refractivity contribution in [1.82, 2.24) is 0 Å². The first-order valence-electron chi connectivity index (χ1n) is 13.8. The van der Waals surface area contributed by atoms with E-state index >= 15 is 0 Å². The number of rotatable bonds is 4. The highest BCUT2D eigenvalue weighted by Gasteiger charge is 2.08. The summed E-state index contributed by atoms with van der Waals surface area (Å²) in [5.41, 5.74) is 9.58. The molecule has 42 heavy (non-hydrogen) atoms. The Labute approximate surface area is 247 Å². The molecule has 1 nitrogen and oxygen atoms in total.